The van der Waals surface area contributed by atoms with Crippen molar-refractivity contribution in [2.45, 2.75) is 146 Å². The van der Waals surface area contributed by atoms with Crippen LogP contribution in [0.1, 0.15) is 68.4 Å². The molecule has 15 nitrogen and oxygen atoms in total. The molecule has 1 aliphatic carbocycles. The van der Waals surface area contributed by atoms with Crippen molar-refractivity contribution in [3.05, 3.63) is 167 Å². The van der Waals surface area contributed by atoms with Crippen molar-refractivity contribution < 1.29 is 75.3 Å². The first-order valence-electron chi connectivity index (χ1n) is 25.3. The Labute approximate surface area is 440 Å². The van der Waals surface area contributed by atoms with Gasteiger partial charge in [-0.3, -0.25) is 4.79 Å². The van der Waals surface area contributed by atoms with Crippen molar-refractivity contribution in [1.82, 2.24) is 10.6 Å². The zero-order valence-electron chi connectivity index (χ0n) is 42.9. The molecule has 0 spiro atoms. The Kier molecular flexibility index (Phi) is 19.0. The summed E-state index contributed by atoms with van der Waals surface area (Å²) in [7, 11) is 0. The number of benzene rings is 5. The SMILES string of the molecule is CC(=O)N[C@H]1[C@@H](O[C@H](C)[C@H](NC(=O)OCC2c3ccccc3-c3ccccc32)C(=O)OC(C)(C)C)O[C@H](C(F)F)[C@H](O)[C@@H]1O[C@@H]1O[C@H](COCc2ccccc2)[C@H](OCc2ccccc2)[C@H](OCc2ccccc2)[C@H]1F. The van der Waals surface area contributed by atoms with Crippen LogP contribution < -0.4 is 10.6 Å². The molecule has 2 saturated heterocycles. The molecule has 0 unspecified atom stereocenters. The summed E-state index contributed by atoms with van der Waals surface area (Å²) in [6, 6.07) is 39.6. The van der Waals surface area contributed by atoms with Gasteiger partial charge in [-0.2, -0.15) is 0 Å². The summed E-state index contributed by atoms with van der Waals surface area (Å²) < 4.78 is 103. The van der Waals surface area contributed by atoms with E-state index in [0.29, 0.717) is 5.56 Å². The van der Waals surface area contributed by atoms with Gasteiger partial charge in [0.1, 0.15) is 54.9 Å². The fourth-order valence-electron chi connectivity index (χ4n) is 9.60. The van der Waals surface area contributed by atoms with Gasteiger partial charge in [-0.15, -0.1) is 0 Å². The van der Waals surface area contributed by atoms with Gasteiger partial charge in [0.25, 0.3) is 6.43 Å². The Morgan fingerprint density at radius 1 is 0.684 bits per heavy atom. The second-order valence-corrected chi connectivity index (χ2v) is 20.0. The number of esters is 1. The highest BCUT2D eigenvalue weighted by atomic mass is 19.3. The number of carbonyl (C=O) groups excluding carboxylic acids is 3. The third kappa shape index (κ3) is 14.2. The highest BCUT2D eigenvalue weighted by Crippen LogP contribution is 2.44. The van der Waals surface area contributed by atoms with Crippen molar-refractivity contribution in [3.63, 3.8) is 0 Å². The normalized spacial score (nSPS) is 25.2. The van der Waals surface area contributed by atoms with Crippen LogP contribution in [0, 0.1) is 0 Å². The lowest BCUT2D eigenvalue weighted by Gasteiger charge is -2.48. The van der Waals surface area contributed by atoms with Gasteiger partial charge >= 0.3 is 12.1 Å². The van der Waals surface area contributed by atoms with E-state index in [4.69, 9.17) is 42.6 Å². The van der Waals surface area contributed by atoms with Crippen LogP contribution in [-0.2, 0) is 72.0 Å². The summed E-state index contributed by atoms with van der Waals surface area (Å²) in [4.78, 5) is 40.7. The lowest BCUT2D eigenvalue weighted by atomic mass is 9.95. The number of hydrogen-bond donors (Lipinski definition) is 3. The van der Waals surface area contributed by atoms with Crippen molar-refractivity contribution in [1.29, 1.82) is 0 Å². The number of halogens is 3. The molecule has 2 fully saturated rings. The minimum atomic E-state index is -3.40. The van der Waals surface area contributed by atoms with Crippen molar-refractivity contribution in [2.24, 2.45) is 0 Å². The molecule has 12 atom stereocenters. The molecular weight excluding hydrogens is 990 g/mol. The number of aliphatic hydroxyl groups is 1. The fourth-order valence-corrected chi connectivity index (χ4v) is 9.60. The smallest absolute Gasteiger partial charge is 0.407 e. The Balaban J connectivity index is 1.06. The van der Waals surface area contributed by atoms with Crippen LogP contribution >= 0.6 is 0 Å². The van der Waals surface area contributed by atoms with Gasteiger partial charge in [0.15, 0.2) is 24.8 Å². The monoisotopic (exact) mass is 1050 g/mol. The van der Waals surface area contributed by atoms with E-state index in [-0.39, 0.29) is 39.0 Å². The number of nitrogens with one attached hydrogen (secondary N) is 2. The summed E-state index contributed by atoms with van der Waals surface area (Å²) in [5.74, 6) is -2.07. The second kappa shape index (κ2) is 25.7. The number of alkyl halides is 3. The number of hydrogen-bond acceptors (Lipinski definition) is 13. The highest BCUT2D eigenvalue weighted by molar-refractivity contribution is 5.83. The zero-order valence-corrected chi connectivity index (χ0v) is 42.9. The highest BCUT2D eigenvalue weighted by Gasteiger charge is 2.56. The minimum absolute atomic E-state index is 0.0183. The number of ether oxygens (including phenoxy) is 9. The van der Waals surface area contributed by atoms with Gasteiger partial charge in [0.05, 0.1) is 32.5 Å². The maximum atomic E-state index is 17.6. The van der Waals surface area contributed by atoms with E-state index in [2.05, 4.69) is 10.6 Å². The van der Waals surface area contributed by atoms with E-state index >= 15 is 13.2 Å². The molecule has 0 bridgehead atoms. The maximum Gasteiger partial charge on any atom is 0.407 e. The maximum absolute atomic E-state index is 17.6. The van der Waals surface area contributed by atoms with Crippen LogP contribution in [0.25, 0.3) is 11.1 Å². The molecule has 0 saturated carbocycles. The van der Waals surface area contributed by atoms with E-state index in [0.717, 1.165) is 40.3 Å². The van der Waals surface area contributed by atoms with Crippen molar-refractivity contribution in [3.8, 4) is 11.1 Å². The van der Waals surface area contributed by atoms with Gasteiger partial charge in [-0.1, -0.05) is 140 Å². The third-order valence-corrected chi connectivity index (χ3v) is 13.2. The molecule has 3 aliphatic rings. The summed E-state index contributed by atoms with van der Waals surface area (Å²) in [6.07, 6.45) is -22.3. The fraction of sp³-hybridized carbons (Fsp3) is 0.431. The third-order valence-electron chi connectivity index (χ3n) is 13.2. The first-order valence-corrected chi connectivity index (χ1v) is 25.3. The summed E-state index contributed by atoms with van der Waals surface area (Å²) in [5, 5.41) is 16.8. The van der Waals surface area contributed by atoms with E-state index in [1.807, 2.05) is 115 Å². The van der Waals surface area contributed by atoms with Gasteiger partial charge in [0.2, 0.25) is 5.91 Å². The van der Waals surface area contributed by atoms with Crippen LogP contribution in [0.2, 0.25) is 0 Å². The van der Waals surface area contributed by atoms with Crippen LogP contribution in [0.15, 0.2) is 140 Å². The first kappa shape index (κ1) is 56.0. The van der Waals surface area contributed by atoms with Gasteiger partial charge in [-0.05, 0) is 66.6 Å². The second-order valence-electron chi connectivity index (χ2n) is 20.0. The Bertz CT molecular complexity index is 2620. The van der Waals surface area contributed by atoms with Crippen LogP contribution in [0.3, 0.4) is 0 Å². The predicted molar refractivity (Wildman–Crippen MR) is 271 cm³/mol. The molecule has 18 heteroatoms. The molecule has 8 rings (SSSR count). The number of amides is 2. The molecular formula is C58H65F3N2O13. The van der Waals surface area contributed by atoms with Gasteiger partial charge < -0.3 is 58.4 Å². The largest absolute Gasteiger partial charge is 0.458 e. The topological polar surface area (TPSA) is 179 Å². The molecule has 3 N–H and O–H groups in total. The molecule has 2 heterocycles. The minimum Gasteiger partial charge on any atom is -0.458 e. The molecule has 0 aromatic heterocycles. The van der Waals surface area contributed by atoms with Crippen molar-refractivity contribution in [2.75, 3.05) is 13.2 Å². The molecule has 406 valence electrons. The lowest BCUT2D eigenvalue weighted by molar-refractivity contribution is -0.352. The standard InChI is InChI=1S/C58H65F3N2O13/c1-34(46(54(66)76-58(3,4)5)63-57(67)71-32-43-41-27-17-15-25-39(41)40-26-16-18-28-42(40)43)72-56-47(62-35(2)64)51(48(65)52(75-56)53(60)61)74-55-45(59)50(70-31-38-23-13-8-14-24-38)49(69-30-37-21-11-7-12-22-37)44(73-55)33-68-29-36-19-9-6-10-20-36/h6-28,34,43-53,55-56,65H,29-33H2,1-5H3,(H,62,64)(H,63,67)/t34-,44-,45-,46+,47-,48-,49+,50-,51-,52+,55+,56+/m1/s1. The Morgan fingerprint density at radius 2 is 1.21 bits per heavy atom. The number of fused-ring (bicyclic) bond motifs is 3. The van der Waals surface area contributed by atoms with Gasteiger partial charge in [-0.25, -0.2) is 22.8 Å². The van der Waals surface area contributed by atoms with E-state index in [9.17, 15) is 19.5 Å². The molecule has 2 amide bonds. The average molecular weight is 1060 g/mol. The Hall–Kier alpha value is -6.22. The number of aliphatic hydroxyl groups excluding tert-OH is 1. The number of rotatable bonds is 21. The lowest BCUT2D eigenvalue weighted by Crippen LogP contribution is -2.69. The van der Waals surface area contributed by atoms with E-state index in [1.54, 1.807) is 45.0 Å². The van der Waals surface area contributed by atoms with Crippen LogP contribution in [0.4, 0.5) is 18.0 Å². The van der Waals surface area contributed by atoms with Crippen LogP contribution in [-0.4, -0.2) is 122 Å². The van der Waals surface area contributed by atoms with Gasteiger partial charge in [0, 0.05) is 12.8 Å². The number of carbonyl (C=O) groups is 3. The first-order chi connectivity index (χ1) is 36.5. The summed E-state index contributed by atoms with van der Waals surface area (Å²) in [6.45, 7) is 7.03. The Morgan fingerprint density at radius 3 is 1.75 bits per heavy atom. The van der Waals surface area contributed by atoms with E-state index in [1.165, 1.54) is 6.92 Å². The quantitative estimate of drug-likeness (QED) is 0.0598. The summed E-state index contributed by atoms with van der Waals surface area (Å²) >= 11 is 0. The average Bonchev–Trinajstić information content (AvgIpc) is 3.74. The summed E-state index contributed by atoms with van der Waals surface area (Å²) in [5.41, 5.74) is 5.10. The molecule has 76 heavy (non-hydrogen) atoms. The molecule has 2 aliphatic heterocycles. The molecule has 5 aromatic rings. The number of alkyl carbamates (subject to hydrolysis) is 1. The molecule has 5 aromatic carbocycles. The van der Waals surface area contributed by atoms with Crippen molar-refractivity contribution >= 4 is 18.0 Å². The van der Waals surface area contributed by atoms with Crippen LogP contribution in [0.5, 0.6) is 0 Å². The predicted octanol–water partition coefficient (Wildman–Crippen LogP) is 8.33. The van der Waals surface area contributed by atoms with E-state index < -0.39 is 104 Å². The molecule has 0 radical (unpaired) electrons. The zero-order chi connectivity index (χ0) is 53.9.